The highest BCUT2D eigenvalue weighted by atomic mass is 16.5. The summed E-state index contributed by atoms with van der Waals surface area (Å²) < 4.78 is 5.21. The number of hydrogen-bond acceptors (Lipinski definition) is 3. The third kappa shape index (κ3) is 2.73. The van der Waals surface area contributed by atoms with E-state index in [0.717, 1.165) is 30.6 Å². The van der Waals surface area contributed by atoms with Gasteiger partial charge in [0, 0.05) is 19.3 Å². The SMILES string of the molecule is CCCCOC(=O)c1ccc2c(c1)C=CCN2C. The number of benzene rings is 1. The minimum absolute atomic E-state index is 0.229. The topological polar surface area (TPSA) is 29.5 Å². The van der Waals surface area contributed by atoms with E-state index in [9.17, 15) is 4.79 Å². The van der Waals surface area contributed by atoms with Crippen molar-refractivity contribution in [1.82, 2.24) is 0 Å². The predicted molar refractivity (Wildman–Crippen MR) is 73.9 cm³/mol. The molecule has 1 aliphatic heterocycles. The van der Waals surface area contributed by atoms with Crippen LogP contribution in [0, 0.1) is 0 Å². The van der Waals surface area contributed by atoms with E-state index in [1.54, 1.807) is 0 Å². The molecule has 0 amide bonds. The van der Waals surface area contributed by atoms with Crippen LogP contribution in [0.25, 0.3) is 6.08 Å². The van der Waals surface area contributed by atoms with Gasteiger partial charge in [-0.25, -0.2) is 4.79 Å². The van der Waals surface area contributed by atoms with Gasteiger partial charge in [0.25, 0.3) is 0 Å². The Kier molecular flexibility index (Phi) is 4.03. The van der Waals surface area contributed by atoms with Gasteiger partial charge in [0.05, 0.1) is 12.2 Å². The second-order valence-electron chi connectivity index (χ2n) is 4.55. The number of carbonyl (C=O) groups is 1. The van der Waals surface area contributed by atoms with Crippen molar-refractivity contribution in [2.45, 2.75) is 19.8 Å². The van der Waals surface area contributed by atoms with Crippen LogP contribution in [-0.4, -0.2) is 26.2 Å². The van der Waals surface area contributed by atoms with Crippen LogP contribution in [0.1, 0.15) is 35.7 Å². The van der Waals surface area contributed by atoms with E-state index in [0.29, 0.717) is 12.2 Å². The molecular weight excluding hydrogens is 226 g/mol. The third-order valence-electron chi connectivity index (χ3n) is 3.08. The first-order valence-corrected chi connectivity index (χ1v) is 6.41. The lowest BCUT2D eigenvalue weighted by molar-refractivity contribution is 0.0499. The molecule has 1 aromatic carbocycles. The fraction of sp³-hybridized carbons (Fsp3) is 0.400. The van der Waals surface area contributed by atoms with Crippen LogP contribution < -0.4 is 4.90 Å². The van der Waals surface area contributed by atoms with Crippen molar-refractivity contribution in [3.05, 3.63) is 35.4 Å². The maximum absolute atomic E-state index is 11.8. The molecule has 0 radical (unpaired) electrons. The number of fused-ring (bicyclic) bond motifs is 1. The second kappa shape index (κ2) is 5.71. The number of ether oxygens (including phenoxy) is 1. The summed E-state index contributed by atoms with van der Waals surface area (Å²) >= 11 is 0. The molecule has 18 heavy (non-hydrogen) atoms. The molecule has 1 aromatic rings. The summed E-state index contributed by atoms with van der Waals surface area (Å²) in [5.74, 6) is -0.229. The monoisotopic (exact) mass is 245 g/mol. The largest absolute Gasteiger partial charge is 0.462 e. The summed E-state index contributed by atoms with van der Waals surface area (Å²) in [5.41, 5.74) is 2.86. The van der Waals surface area contributed by atoms with Gasteiger partial charge in [-0.15, -0.1) is 0 Å². The molecule has 3 nitrogen and oxygen atoms in total. The molecule has 1 heterocycles. The van der Waals surface area contributed by atoms with Crippen molar-refractivity contribution in [2.75, 3.05) is 25.1 Å². The lowest BCUT2D eigenvalue weighted by Gasteiger charge is -2.23. The van der Waals surface area contributed by atoms with E-state index in [2.05, 4.69) is 24.0 Å². The quantitative estimate of drug-likeness (QED) is 0.603. The van der Waals surface area contributed by atoms with Gasteiger partial charge in [-0.3, -0.25) is 0 Å². The lowest BCUT2D eigenvalue weighted by atomic mass is 10.0. The van der Waals surface area contributed by atoms with Crippen LogP contribution in [0.5, 0.6) is 0 Å². The fourth-order valence-corrected chi connectivity index (χ4v) is 1.99. The van der Waals surface area contributed by atoms with Crippen LogP contribution in [0.4, 0.5) is 5.69 Å². The van der Waals surface area contributed by atoms with Gasteiger partial charge in [-0.2, -0.15) is 0 Å². The number of likely N-dealkylation sites (N-methyl/N-ethyl adjacent to an activating group) is 1. The first-order valence-electron chi connectivity index (χ1n) is 6.41. The Morgan fingerprint density at radius 3 is 3.06 bits per heavy atom. The molecule has 0 saturated carbocycles. The average Bonchev–Trinajstić information content (AvgIpc) is 2.39. The Bertz CT molecular complexity index is 466. The molecule has 1 aliphatic rings. The minimum atomic E-state index is -0.229. The first-order chi connectivity index (χ1) is 8.72. The highest BCUT2D eigenvalue weighted by Gasteiger charge is 2.13. The van der Waals surface area contributed by atoms with Crippen molar-refractivity contribution in [3.8, 4) is 0 Å². The molecule has 0 bridgehead atoms. The van der Waals surface area contributed by atoms with Crippen molar-refractivity contribution in [3.63, 3.8) is 0 Å². The number of nitrogens with zero attached hydrogens (tertiary/aromatic N) is 1. The smallest absolute Gasteiger partial charge is 0.338 e. The number of carbonyl (C=O) groups excluding carboxylic acids is 1. The van der Waals surface area contributed by atoms with Gasteiger partial charge in [0.2, 0.25) is 0 Å². The Hall–Kier alpha value is -1.77. The molecule has 0 aromatic heterocycles. The maximum Gasteiger partial charge on any atom is 0.338 e. The lowest BCUT2D eigenvalue weighted by Crippen LogP contribution is -2.20. The van der Waals surface area contributed by atoms with E-state index in [1.807, 2.05) is 25.2 Å². The molecule has 0 saturated heterocycles. The Morgan fingerprint density at radius 1 is 1.44 bits per heavy atom. The number of hydrogen-bond donors (Lipinski definition) is 0. The minimum Gasteiger partial charge on any atom is -0.462 e. The van der Waals surface area contributed by atoms with Gasteiger partial charge < -0.3 is 9.64 Å². The zero-order valence-corrected chi connectivity index (χ0v) is 11.0. The van der Waals surface area contributed by atoms with Crippen molar-refractivity contribution < 1.29 is 9.53 Å². The van der Waals surface area contributed by atoms with Crippen molar-refractivity contribution >= 4 is 17.7 Å². The number of anilines is 1. The zero-order valence-electron chi connectivity index (χ0n) is 11.0. The van der Waals surface area contributed by atoms with E-state index < -0.39 is 0 Å². The molecule has 2 rings (SSSR count). The van der Waals surface area contributed by atoms with Gasteiger partial charge in [0.1, 0.15) is 0 Å². The van der Waals surface area contributed by atoms with Crippen LogP contribution in [0.15, 0.2) is 24.3 Å². The second-order valence-corrected chi connectivity index (χ2v) is 4.55. The maximum atomic E-state index is 11.8. The molecule has 0 unspecified atom stereocenters. The summed E-state index contributed by atoms with van der Waals surface area (Å²) in [7, 11) is 2.04. The summed E-state index contributed by atoms with van der Waals surface area (Å²) in [4.78, 5) is 14.0. The number of rotatable bonds is 4. The van der Waals surface area contributed by atoms with E-state index in [4.69, 9.17) is 4.74 Å². The summed E-state index contributed by atoms with van der Waals surface area (Å²) in [6, 6.07) is 5.72. The Balaban J connectivity index is 2.12. The normalized spacial score (nSPS) is 13.3. The van der Waals surface area contributed by atoms with Gasteiger partial charge >= 0.3 is 5.97 Å². The number of esters is 1. The fourth-order valence-electron chi connectivity index (χ4n) is 1.99. The summed E-state index contributed by atoms with van der Waals surface area (Å²) in [6.45, 7) is 3.49. The first kappa shape index (κ1) is 12.7. The molecule has 0 fully saturated rings. The number of unbranched alkanes of at least 4 members (excludes halogenated alkanes) is 1. The van der Waals surface area contributed by atoms with Crippen LogP contribution in [0.2, 0.25) is 0 Å². The van der Waals surface area contributed by atoms with Crippen LogP contribution in [0.3, 0.4) is 0 Å². The molecule has 0 N–H and O–H groups in total. The van der Waals surface area contributed by atoms with Crippen LogP contribution in [-0.2, 0) is 4.74 Å². The molecule has 3 heteroatoms. The standard InChI is InChI=1S/C15H19NO2/c1-3-4-10-18-15(17)13-7-8-14-12(11-13)6-5-9-16(14)2/h5-8,11H,3-4,9-10H2,1-2H3. The van der Waals surface area contributed by atoms with Gasteiger partial charge in [-0.05, 0) is 30.2 Å². The van der Waals surface area contributed by atoms with E-state index in [-0.39, 0.29) is 5.97 Å². The molecule has 0 spiro atoms. The zero-order chi connectivity index (χ0) is 13.0. The Morgan fingerprint density at radius 2 is 2.28 bits per heavy atom. The van der Waals surface area contributed by atoms with Gasteiger partial charge in [0.15, 0.2) is 0 Å². The predicted octanol–water partition coefficient (Wildman–Crippen LogP) is 3.11. The molecule has 96 valence electrons. The molecule has 0 aliphatic carbocycles. The van der Waals surface area contributed by atoms with Gasteiger partial charge in [-0.1, -0.05) is 25.5 Å². The third-order valence-corrected chi connectivity index (χ3v) is 3.08. The molecule has 0 atom stereocenters. The summed E-state index contributed by atoms with van der Waals surface area (Å²) in [6.07, 6.45) is 6.09. The van der Waals surface area contributed by atoms with E-state index in [1.165, 1.54) is 0 Å². The Labute approximate surface area is 108 Å². The van der Waals surface area contributed by atoms with E-state index >= 15 is 0 Å². The van der Waals surface area contributed by atoms with Crippen LogP contribution >= 0.6 is 0 Å². The van der Waals surface area contributed by atoms with Crippen molar-refractivity contribution in [1.29, 1.82) is 0 Å². The average molecular weight is 245 g/mol. The highest BCUT2D eigenvalue weighted by Crippen LogP contribution is 2.25. The van der Waals surface area contributed by atoms with Crippen molar-refractivity contribution in [2.24, 2.45) is 0 Å². The highest BCUT2D eigenvalue weighted by molar-refractivity contribution is 5.91. The summed E-state index contributed by atoms with van der Waals surface area (Å²) in [5, 5.41) is 0. The molecular formula is C15H19NO2.